The molecule has 1 aromatic carbocycles. The number of carboxylic acids is 1. The average Bonchev–Trinajstić information content (AvgIpc) is 3.12. The van der Waals surface area contributed by atoms with Crippen LogP contribution in [0, 0.1) is 0 Å². The monoisotopic (exact) mass is 350 g/mol. The fraction of sp³-hybridized carbons (Fsp3) is 0.471. The third-order valence-electron chi connectivity index (χ3n) is 4.19. The zero-order valence-corrected chi connectivity index (χ0v) is 14.7. The second kappa shape index (κ2) is 8.19. The lowest BCUT2D eigenvalue weighted by molar-refractivity contribution is -0.141. The molecule has 1 heterocycles. The van der Waals surface area contributed by atoms with Gasteiger partial charge in [-0.05, 0) is 31.9 Å². The van der Waals surface area contributed by atoms with Crippen molar-refractivity contribution in [2.24, 2.45) is 0 Å². The maximum Gasteiger partial charge on any atom is 0.326 e. The molecular weight excluding hydrogens is 328 g/mol. The Balaban J connectivity index is 2.07. The highest BCUT2D eigenvalue weighted by molar-refractivity contribution is 8.00. The molecule has 0 saturated carbocycles. The second-order valence-corrected chi connectivity index (χ2v) is 6.82. The van der Waals surface area contributed by atoms with Crippen LogP contribution >= 0.6 is 11.8 Å². The van der Waals surface area contributed by atoms with Gasteiger partial charge in [0.25, 0.3) is 5.91 Å². The van der Waals surface area contributed by atoms with Gasteiger partial charge < -0.3 is 14.9 Å². The van der Waals surface area contributed by atoms with Gasteiger partial charge in [-0.15, -0.1) is 11.8 Å². The number of carboxylic acid groups (broad SMARTS) is 1. The van der Waals surface area contributed by atoms with Crippen molar-refractivity contribution < 1.29 is 19.5 Å². The predicted octanol–water partition coefficient (Wildman–Crippen LogP) is 1.95. The second-order valence-electron chi connectivity index (χ2n) is 5.80. The normalized spacial score (nSPS) is 15.2. The lowest BCUT2D eigenvalue weighted by Crippen LogP contribution is -2.40. The van der Waals surface area contributed by atoms with Gasteiger partial charge in [0.15, 0.2) is 0 Å². The molecule has 1 aliphatic rings. The molecule has 0 radical (unpaired) electrons. The van der Waals surface area contributed by atoms with Gasteiger partial charge in [0.05, 0.1) is 11.3 Å². The van der Waals surface area contributed by atoms with E-state index in [0.29, 0.717) is 10.5 Å². The molecule has 24 heavy (non-hydrogen) atoms. The van der Waals surface area contributed by atoms with E-state index >= 15 is 0 Å². The minimum Gasteiger partial charge on any atom is -0.480 e. The number of hydrogen-bond donors (Lipinski definition) is 1. The minimum absolute atomic E-state index is 0.0759. The van der Waals surface area contributed by atoms with Crippen molar-refractivity contribution in [1.82, 2.24) is 9.80 Å². The number of benzene rings is 1. The highest BCUT2D eigenvalue weighted by Crippen LogP contribution is 2.25. The number of likely N-dealkylation sites (N-methyl/N-ethyl adjacent to an activating group) is 1. The molecule has 2 rings (SSSR count). The topological polar surface area (TPSA) is 77.9 Å². The van der Waals surface area contributed by atoms with E-state index in [4.69, 9.17) is 5.11 Å². The van der Waals surface area contributed by atoms with E-state index in [0.717, 1.165) is 25.9 Å². The predicted molar refractivity (Wildman–Crippen MR) is 92.2 cm³/mol. The Hall–Kier alpha value is -2.02. The van der Waals surface area contributed by atoms with Crippen molar-refractivity contribution in [1.29, 1.82) is 0 Å². The zero-order chi connectivity index (χ0) is 17.7. The first-order chi connectivity index (χ1) is 11.4. The van der Waals surface area contributed by atoms with Gasteiger partial charge in [0.1, 0.15) is 6.04 Å². The smallest absolute Gasteiger partial charge is 0.326 e. The van der Waals surface area contributed by atoms with Crippen LogP contribution in [-0.2, 0) is 9.59 Å². The minimum atomic E-state index is -1.06. The molecule has 1 saturated heterocycles. The van der Waals surface area contributed by atoms with E-state index in [1.54, 1.807) is 24.3 Å². The molecule has 1 atom stereocenters. The van der Waals surface area contributed by atoms with E-state index in [1.165, 1.54) is 30.6 Å². The van der Waals surface area contributed by atoms with Gasteiger partial charge >= 0.3 is 5.97 Å². The van der Waals surface area contributed by atoms with Crippen LogP contribution in [0.1, 0.15) is 30.1 Å². The van der Waals surface area contributed by atoms with Crippen molar-refractivity contribution in [3.63, 3.8) is 0 Å². The standard InChI is InChI=1S/C17H22N2O4S/c1-12(17(22)23)18(2)16(21)13-7-3-4-8-14(13)24-11-15(20)19-9-5-6-10-19/h3-4,7-8,12H,5-6,9-11H2,1-2H3,(H,22,23). The summed E-state index contributed by atoms with van der Waals surface area (Å²) in [6, 6.07) is 6.07. The van der Waals surface area contributed by atoms with Crippen molar-refractivity contribution >= 4 is 29.5 Å². The highest BCUT2D eigenvalue weighted by Gasteiger charge is 2.25. The number of amides is 2. The van der Waals surface area contributed by atoms with Crippen LogP contribution in [0.15, 0.2) is 29.2 Å². The molecule has 1 aromatic rings. The number of aliphatic carboxylic acids is 1. The van der Waals surface area contributed by atoms with Crippen LogP contribution in [0.4, 0.5) is 0 Å². The summed E-state index contributed by atoms with van der Waals surface area (Å²) in [5, 5.41) is 9.07. The first-order valence-corrected chi connectivity index (χ1v) is 8.90. The van der Waals surface area contributed by atoms with E-state index in [1.807, 2.05) is 4.90 Å². The van der Waals surface area contributed by atoms with Gasteiger partial charge in [-0.2, -0.15) is 0 Å². The van der Waals surface area contributed by atoms with Gasteiger partial charge in [0.2, 0.25) is 5.91 Å². The van der Waals surface area contributed by atoms with Crippen molar-refractivity contribution in [3.05, 3.63) is 29.8 Å². The Labute approximate surface area is 145 Å². The number of nitrogens with zero attached hydrogens (tertiary/aromatic N) is 2. The number of carbonyl (C=O) groups is 3. The SMILES string of the molecule is CC(C(=O)O)N(C)C(=O)c1ccccc1SCC(=O)N1CCCC1. The van der Waals surface area contributed by atoms with Crippen molar-refractivity contribution in [3.8, 4) is 0 Å². The molecular formula is C17H22N2O4S. The van der Waals surface area contributed by atoms with Gasteiger partial charge in [-0.1, -0.05) is 12.1 Å². The summed E-state index contributed by atoms with van der Waals surface area (Å²) in [6.45, 7) is 3.07. The molecule has 0 spiro atoms. The maximum absolute atomic E-state index is 12.6. The lowest BCUT2D eigenvalue weighted by atomic mass is 10.2. The summed E-state index contributed by atoms with van der Waals surface area (Å²) in [5.74, 6) is -1.06. The fourth-order valence-electron chi connectivity index (χ4n) is 2.50. The Morgan fingerprint density at radius 2 is 1.88 bits per heavy atom. The van der Waals surface area contributed by atoms with E-state index in [-0.39, 0.29) is 17.6 Å². The summed E-state index contributed by atoms with van der Waals surface area (Å²) in [5.41, 5.74) is 0.423. The number of likely N-dealkylation sites (tertiary alicyclic amines) is 1. The Morgan fingerprint density at radius 3 is 2.50 bits per heavy atom. The molecule has 1 N–H and O–H groups in total. The molecule has 2 amide bonds. The van der Waals surface area contributed by atoms with E-state index in [2.05, 4.69) is 0 Å². The maximum atomic E-state index is 12.6. The third kappa shape index (κ3) is 4.29. The lowest BCUT2D eigenvalue weighted by Gasteiger charge is -2.22. The largest absolute Gasteiger partial charge is 0.480 e. The molecule has 1 aliphatic heterocycles. The van der Waals surface area contributed by atoms with Gasteiger partial charge in [0, 0.05) is 25.0 Å². The summed E-state index contributed by atoms with van der Waals surface area (Å²) in [4.78, 5) is 39.5. The number of rotatable bonds is 6. The Morgan fingerprint density at radius 1 is 1.25 bits per heavy atom. The number of thioether (sulfide) groups is 1. The van der Waals surface area contributed by atoms with E-state index < -0.39 is 12.0 Å². The summed E-state index contributed by atoms with van der Waals surface area (Å²) in [6.07, 6.45) is 2.09. The highest BCUT2D eigenvalue weighted by atomic mass is 32.2. The van der Waals surface area contributed by atoms with Crippen molar-refractivity contribution in [2.45, 2.75) is 30.7 Å². The zero-order valence-electron chi connectivity index (χ0n) is 13.9. The van der Waals surface area contributed by atoms with Gasteiger partial charge in [-0.3, -0.25) is 9.59 Å². The Kier molecular flexibility index (Phi) is 6.25. The van der Waals surface area contributed by atoms with Crippen LogP contribution in [0.3, 0.4) is 0 Å². The number of carbonyl (C=O) groups excluding carboxylic acids is 2. The number of hydrogen-bond acceptors (Lipinski definition) is 4. The first-order valence-electron chi connectivity index (χ1n) is 7.91. The van der Waals surface area contributed by atoms with E-state index in [9.17, 15) is 14.4 Å². The summed E-state index contributed by atoms with van der Waals surface area (Å²) < 4.78 is 0. The quantitative estimate of drug-likeness (QED) is 0.794. The van der Waals surface area contributed by atoms with Crippen LogP contribution in [-0.4, -0.2) is 64.6 Å². The van der Waals surface area contributed by atoms with Gasteiger partial charge in [-0.25, -0.2) is 4.79 Å². The first kappa shape index (κ1) is 18.3. The summed E-state index contributed by atoms with van der Waals surface area (Å²) in [7, 11) is 1.47. The molecule has 130 valence electrons. The van der Waals surface area contributed by atoms with Crippen LogP contribution in [0.2, 0.25) is 0 Å². The molecule has 0 aliphatic carbocycles. The van der Waals surface area contributed by atoms with Crippen LogP contribution in [0.5, 0.6) is 0 Å². The molecule has 0 bridgehead atoms. The molecule has 1 unspecified atom stereocenters. The van der Waals surface area contributed by atoms with Crippen LogP contribution < -0.4 is 0 Å². The molecule has 6 nitrogen and oxygen atoms in total. The van der Waals surface area contributed by atoms with Crippen molar-refractivity contribution in [2.75, 3.05) is 25.9 Å². The van der Waals surface area contributed by atoms with Crippen LogP contribution in [0.25, 0.3) is 0 Å². The Bertz CT molecular complexity index is 629. The molecule has 0 aromatic heterocycles. The third-order valence-corrected chi connectivity index (χ3v) is 5.24. The molecule has 7 heteroatoms. The fourth-order valence-corrected chi connectivity index (χ4v) is 3.45. The average molecular weight is 350 g/mol. The molecule has 1 fully saturated rings. The summed E-state index contributed by atoms with van der Waals surface area (Å²) >= 11 is 1.32.